The van der Waals surface area contributed by atoms with E-state index < -0.39 is 0 Å². The smallest absolute Gasteiger partial charge is 0.228 e. The quantitative estimate of drug-likeness (QED) is 0.783. The molecular weight excluding hydrogens is 252 g/mol. The Morgan fingerprint density at radius 2 is 1.90 bits per heavy atom. The van der Waals surface area contributed by atoms with Crippen molar-refractivity contribution in [3.8, 4) is 0 Å². The van der Waals surface area contributed by atoms with Crippen molar-refractivity contribution in [1.29, 1.82) is 0 Å². The van der Waals surface area contributed by atoms with E-state index in [-0.39, 0.29) is 11.8 Å². The van der Waals surface area contributed by atoms with Crippen LogP contribution in [0.4, 0.5) is 11.6 Å². The van der Waals surface area contributed by atoms with Crippen LogP contribution in [0.15, 0.2) is 12.1 Å². The molecule has 0 spiro atoms. The molecule has 1 aliphatic rings. The van der Waals surface area contributed by atoms with Gasteiger partial charge in [-0.25, -0.2) is 0 Å². The van der Waals surface area contributed by atoms with Crippen molar-refractivity contribution < 1.29 is 4.79 Å². The number of amides is 1. The van der Waals surface area contributed by atoms with Crippen LogP contribution in [0.5, 0.6) is 0 Å². The molecule has 0 bridgehead atoms. The fraction of sp³-hybridized carbons (Fsp3) is 0.667. The molecule has 0 aromatic carbocycles. The summed E-state index contributed by atoms with van der Waals surface area (Å²) in [6.07, 6.45) is 7.82. The van der Waals surface area contributed by atoms with Gasteiger partial charge in [0.1, 0.15) is 5.82 Å². The minimum absolute atomic E-state index is 0.0886. The van der Waals surface area contributed by atoms with Crippen LogP contribution in [0.1, 0.15) is 51.9 Å². The van der Waals surface area contributed by atoms with E-state index in [4.69, 9.17) is 0 Å². The second kappa shape index (κ2) is 7.82. The highest BCUT2D eigenvalue weighted by Gasteiger charge is 2.21. The van der Waals surface area contributed by atoms with E-state index in [1.165, 1.54) is 6.42 Å². The molecule has 1 amide bonds. The maximum atomic E-state index is 12.1. The largest absolute Gasteiger partial charge is 0.369 e. The summed E-state index contributed by atoms with van der Waals surface area (Å²) >= 11 is 0. The highest BCUT2D eigenvalue weighted by molar-refractivity contribution is 5.91. The van der Waals surface area contributed by atoms with Crippen molar-refractivity contribution in [3.63, 3.8) is 0 Å². The first-order valence-corrected chi connectivity index (χ1v) is 7.68. The van der Waals surface area contributed by atoms with Gasteiger partial charge in [-0.05, 0) is 31.4 Å². The van der Waals surface area contributed by atoms with Gasteiger partial charge in [0.15, 0.2) is 5.82 Å². The molecule has 2 N–H and O–H groups in total. The van der Waals surface area contributed by atoms with E-state index >= 15 is 0 Å². The van der Waals surface area contributed by atoms with Crippen LogP contribution in [0.25, 0.3) is 0 Å². The van der Waals surface area contributed by atoms with Crippen LogP contribution in [0.3, 0.4) is 0 Å². The maximum absolute atomic E-state index is 12.1. The summed E-state index contributed by atoms with van der Waals surface area (Å²) in [5, 5.41) is 14.2. The van der Waals surface area contributed by atoms with Crippen LogP contribution < -0.4 is 10.6 Å². The Balaban J connectivity index is 1.81. The lowest BCUT2D eigenvalue weighted by atomic mass is 9.89. The fourth-order valence-electron chi connectivity index (χ4n) is 2.48. The maximum Gasteiger partial charge on any atom is 0.228 e. The number of nitrogens with one attached hydrogen (secondary N) is 2. The number of anilines is 2. The number of carbonyl (C=O) groups excluding carboxylic acids is 1. The Morgan fingerprint density at radius 1 is 1.20 bits per heavy atom. The Morgan fingerprint density at radius 3 is 2.55 bits per heavy atom. The molecule has 0 aliphatic heterocycles. The molecule has 5 heteroatoms. The second-order valence-electron chi connectivity index (χ2n) is 5.41. The van der Waals surface area contributed by atoms with Crippen molar-refractivity contribution >= 4 is 17.5 Å². The van der Waals surface area contributed by atoms with Crippen molar-refractivity contribution in [2.75, 3.05) is 17.2 Å². The summed E-state index contributed by atoms with van der Waals surface area (Å²) in [7, 11) is 0. The van der Waals surface area contributed by atoms with Gasteiger partial charge in [0.05, 0.1) is 0 Å². The predicted molar refractivity (Wildman–Crippen MR) is 80.6 cm³/mol. The predicted octanol–water partition coefficient (Wildman–Crippen LogP) is 3.21. The van der Waals surface area contributed by atoms with Gasteiger partial charge in [-0.2, -0.15) is 0 Å². The van der Waals surface area contributed by atoms with Crippen LogP contribution in [-0.2, 0) is 4.79 Å². The van der Waals surface area contributed by atoms with Gasteiger partial charge in [0.2, 0.25) is 5.91 Å². The zero-order chi connectivity index (χ0) is 14.2. The molecule has 1 aromatic heterocycles. The standard InChI is InChI=1S/C15H24N4O/c1-2-3-11-16-13-9-10-14(19-18-13)17-15(20)12-7-5-4-6-8-12/h9-10,12H,2-8,11H2,1H3,(H,16,18)(H,17,19,20). The highest BCUT2D eigenvalue weighted by atomic mass is 16.1. The summed E-state index contributed by atoms with van der Waals surface area (Å²) in [5.74, 6) is 1.54. The van der Waals surface area contributed by atoms with Gasteiger partial charge < -0.3 is 10.6 Å². The average molecular weight is 276 g/mol. The summed E-state index contributed by atoms with van der Waals surface area (Å²) in [6.45, 7) is 3.05. The van der Waals surface area contributed by atoms with Gasteiger partial charge in [0.25, 0.3) is 0 Å². The Labute approximate surface area is 120 Å². The van der Waals surface area contributed by atoms with Gasteiger partial charge in [-0.15, -0.1) is 10.2 Å². The third kappa shape index (κ3) is 4.47. The van der Waals surface area contributed by atoms with Crippen LogP contribution in [0, 0.1) is 5.92 Å². The van der Waals surface area contributed by atoms with Gasteiger partial charge in [-0.3, -0.25) is 4.79 Å². The van der Waals surface area contributed by atoms with E-state index in [1.54, 1.807) is 0 Å². The van der Waals surface area contributed by atoms with Crippen molar-refractivity contribution in [3.05, 3.63) is 12.1 Å². The topological polar surface area (TPSA) is 66.9 Å². The van der Waals surface area contributed by atoms with E-state index in [9.17, 15) is 4.79 Å². The lowest BCUT2D eigenvalue weighted by Crippen LogP contribution is -2.25. The van der Waals surface area contributed by atoms with E-state index in [0.717, 1.165) is 50.9 Å². The van der Waals surface area contributed by atoms with Gasteiger partial charge in [-0.1, -0.05) is 32.6 Å². The molecule has 0 saturated heterocycles. The molecule has 0 radical (unpaired) electrons. The summed E-state index contributed by atoms with van der Waals surface area (Å²) in [5.41, 5.74) is 0. The molecule has 20 heavy (non-hydrogen) atoms. The lowest BCUT2D eigenvalue weighted by molar-refractivity contribution is -0.120. The number of nitrogens with zero attached hydrogens (tertiary/aromatic N) is 2. The molecule has 5 nitrogen and oxygen atoms in total. The number of aromatic nitrogens is 2. The zero-order valence-corrected chi connectivity index (χ0v) is 12.2. The van der Waals surface area contributed by atoms with Crippen LogP contribution in [0.2, 0.25) is 0 Å². The van der Waals surface area contributed by atoms with Crippen molar-refractivity contribution in [2.24, 2.45) is 5.92 Å². The van der Waals surface area contributed by atoms with E-state index in [1.807, 2.05) is 12.1 Å². The van der Waals surface area contributed by atoms with Crippen LogP contribution in [-0.4, -0.2) is 22.6 Å². The first-order chi connectivity index (χ1) is 9.79. The van der Waals surface area contributed by atoms with E-state index in [2.05, 4.69) is 27.8 Å². The number of hydrogen-bond acceptors (Lipinski definition) is 4. The highest BCUT2D eigenvalue weighted by Crippen LogP contribution is 2.24. The second-order valence-corrected chi connectivity index (χ2v) is 5.41. The third-order valence-corrected chi connectivity index (χ3v) is 3.73. The summed E-state index contributed by atoms with van der Waals surface area (Å²) in [4.78, 5) is 12.1. The Hall–Kier alpha value is -1.65. The number of rotatable bonds is 6. The minimum atomic E-state index is 0.0886. The van der Waals surface area contributed by atoms with Crippen molar-refractivity contribution in [2.45, 2.75) is 51.9 Å². The number of hydrogen-bond donors (Lipinski definition) is 2. The Bertz CT molecular complexity index is 412. The summed E-state index contributed by atoms with van der Waals surface area (Å²) in [6, 6.07) is 3.67. The SMILES string of the molecule is CCCCNc1ccc(NC(=O)C2CCCCC2)nn1. The number of carbonyl (C=O) groups is 1. The number of unbranched alkanes of at least 4 members (excludes halogenated alkanes) is 1. The molecule has 1 fully saturated rings. The normalized spacial score (nSPS) is 15.8. The van der Waals surface area contributed by atoms with E-state index in [0.29, 0.717) is 5.82 Å². The molecule has 110 valence electrons. The molecule has 1 aromatic rings. The van der Waals surface area contributed by atoms with Crippen LogP contribution >= 0.6 is 0 Å². The molecule has 1 aliphatic carbocycles. The summed E-state index contributed by atoms with van der Waals surface area (Å²) < 4.78 is 0. The molecule has 1 heterocycles. The minimum Gasteiger partial charge on any atom is -0.369 e. The molecule has 2 rings (SSSR count). The Kier molecular flexibility index (Phi) is 5.77. The van der Waals surface area contributed by atoms with Gasteiger partial charge in [0, 0.05) is 12.5 Å². The molecular formula is C15H24N4O. The zero-order valence-electron chi connectivity index (χ0n) is 12.2. The molecule has 0 atom stereocenters. The first-order valence-electron chi connectivity index (χ1n) is 7.68. The molecule has 0 unspecified atom stereocenters. The van der Waals surface area contributed by atoms with Gasteiger partial charge >= 0.3 is 0 Å². The fourth-order valence-corrected chi connectivity index (χ4v) is 2.48. The average Bonchev–Trinajstić information content (AvgIpc) is 2.50. The lowest BCUT2D eigenvalue weighted by Gasteiger charge is -2.20. The van der Waals surface area contributed by atoms with Crippen molar-refractivity contribution in [1.82, 2.24) is 10.2 Å². The molecule has 1 saturated carbocycles. The third-order valence-electron chi connectivity index (χ3n) is 3.73. The monoisotopic (exact) mass is 276 g/mol. The first kappa shape index (κ1) is 14.8.